The van der Waals surface area contributed by atoms with Crippen LogP contribution in [0.3, 0.4) is 0 Å². The molecular formula is C11H11NO3. The molecule has 1 saturated heterocycles. The second kappa shape index (κ2) is 4.23. The van der Waals surface area contributed by atoms with Crippen molar-refractivity contribution in [1.29, 1.82) is 0 Å². The highest BCUT2D eigenvalue weighted by Crippen LogP contribution is 2.09. The van der Waals surface area contributed by atoms with Gasteiger partial charge in [0.2, 0.25) is 0 Å². The lowest BCUT2D eigenvalue weighted by atomic mass is 10.1. The Kier molecular flexibility index (Phi) is 2.78. The van der Waals surface area contributed by atoms with Crippen molar-refractivity contribution >= 4 is 12.2 Å². The molecule has 1 heterocycles. The van der Waals surface area contributed by atoms with Gasteiger partial charge in [-0.25, -0.2) is 0 Å². The van der Waals surface area contributed by atoms with Gasteiger partial charge in [0.25, 0.3) is 5.91 Å². The summed E-state index contributed by atoms with van der Waals surface area (Å²) in [7, 11) is 0. The fraction of sp³-hybridized carbons (Fsp3) is 0.273. The van der Waals surface area contributed by atoms with Gasteiger partial charge in [-0.15, -0.1) is 0 Å². The molecule has 1 aliphatic heterocycles. The van der Waals surface area contributed by atoms with E-state index in [1.165, 1.54) is 0 Å². The molecule has 1 unspecified atom stereocenters. The average molecular weight is 205 g/mol. The first-order valence-electron chi connectivity index (χ1n) is 4.75. The largest absolute Gasteiger partial charge is 0.371 e. The molecule has 0 saturated carbocycles. The molecular weight excluding hydrogens is 194 g/mol. The highest BCUT2D eigenvalue weighted by molar-refractivity contribution is 6.01. The number of hydrogen-bond acceptors (Lipinski definition) is 3. The molecule has 4 nitrogen and oxygen atoms in total. The first kappa shape index (κ1) is 9.86. The van der Waals surface area contributed by atoms with Crippen LogP contribution in [0, 0.1) is 0 Å². The number of carbonyl (C=O) groups is 2. The lowest BCUT2D eigenvalue weighted by Crippen LogP contribution is -2.28. The van der Waals surface area contributed by atoms with Gasteiger partial charge in [0.15, 0.2) is 6.29 Å². The van der Waals surface area contributed by atoms with Gasteiger partial charge >= 0.3 is 0 Å². The van der Waals surface area contributed by atoms with Crippen molar-refractivity contribution in [2.24, 2.45) is 0 Å². The van der Waals surface area contributed by atoms with E-state index in [1.807, 2.05) is 0 Å². The SMILES string of the molecule is O=Cc1ccccc1C(=O)NCC1CO1. The molecule has 78 valence electrons. The summed E-state index contributed by atoms with van der Waals surface area (Å²) in [5.74, 6) is -0.229. The molecule has 0 spiro atoms. The van der Waals surface area contributed by atoms with Crippen LogP contribution in [0.2, 0.25) is 0 Å². The monoisotopic (exact) mass is 205 g/mol. The van der Waals surface area contributed by atoms with Crippen LogP contribution >= 0.6 is 0 Å². The molecule has 0 bridgehead atoms. The van der Waals surface area contributed by atoms with Crippen LogP contribution in [-0.2, 0) is 4.74 Å². The molecule has 0 aliphatic carbocycles. The van der Waals surface area contributed by atoms with Crippen molar-refractivity contribution in [3.8, 4) is 0 Å². The molecule has 0 radical (unpaired) electrons. The third kappa shape index (κ3) is 2.41. The predicted octanol–water partition coefficient (Wildman–Crippen LogP) is 0.628. The van der Waals surface area contributed by atoms with Crippen LogP contribution in [0.1, 0.15) is 20.7 Å². The second-order valence-corrected chi connectivity index (χ2v) is 3.37. The summed E-state index contributed by atoms with van der Waals surface area (Å²) in [6, 6.07) is 6.71. The standard InChI is InChI=1S/C11H11NO3/c13-6-8-3-1-2-4-10(8)11(14)12-5-9-7-15-9/h1-4,6,9H,5,7H2,(H,12,14). The van der Waals surface area contributed by atoms with E-state index in [4.69, 9.17) is 4.74 Å². The number of nitrogens with one attached hydrogen (secondary N) is 1. The van der Waals surface area contributed by atoms with E-state index in [0.717, 1.165) is 0 Å². The van der Waals surface area contributed by atoms with Crippen LogP contribution < -0.4 is 5.32 Å². The number of hydrogen-bond donors (Lipinski definition) is 1. The molecule has 1 aromatic carbocycles. The Bertz CT molecular complexity index is 385. The molecule has 1 atom stereocenters. The van der Waals surface area contributed by atoms with Crippen LogP contribution in [-0.4, -0.2) is 31.4 Å². The first-order valence-corrected chi connectivity index (χ1v) is 4.75. The summed E-state index contributed by atoms with van der Waals surface area (Å²) in [5, 5.41) is 2.71. The fourth-order valence-electron chi connectivity index (χ4n) is 1.29. The summed E-state index contributed by atoms with van der Waals surface area (Å²) in [6.07, 6.45) is 0.833. The Balaban J connectivity index is 2.05. The van der Waals surface area contributed by atoms with Crippen LogP contribution in [0.15, 0.2) is 24.3 Å². The van der Waals surface area contributed by atoms with Crippen molar-refractivity contribution in [1.82, 2.24) is 5.32 Å². The molecule has 15 heavy (non-hydrogen) atoms. The topological polar surface area (TPSA) is 58.7 Å². The van der Waals surface area contributed by atoms with Gasteiger partial charge in [-0.05, 0) is 6.07 Å². The Morgan fingerprint density at radius 1 is 1.53 bits per heavy atom. The van der Waals surface area contributed by atoms with E-state index in [2.05, 4.69) is 5.32 Å². The maximum Gasteiger partial charge on any atom is 0.252 e. The second-order valence-electron chi connectivity index (χ2n) is 3.37. The summed E-state index contributed by atoms with van der Waals surface area (Å²) in [5.41, 5.74) is 0.819. The number of aldehydes is 1. The zero-order valence-electron chi connectivity index (χ0n) is 8.10. The number of epoxide rings is 1. The van der Waals surface area contributed by atoms with Gasteiger partial charge < -0.3 is 10.1 Å². The first-order chi connectivity index (χ1) is 7.31. The van der Waals surface area contributed by atoms with E-state index in [-0.39, 0.29) is 12.0 Å². The average Bonchev–Trinajstić information content (AvgIpc) is 3.09. The van der Waals surface area contributed by atoms with Gasteiger partial charge in [0, 0.05) is 17.7 Å². The van der Waals surface area contributed by atoms with Crippen molar-refractivity contribution in [3.63, 3.8) is 0 Å². The maximum atomic E-state index is 11.6. The number of ether oxygens (including phenoxy) is 1. The minimum Gasteiger partial charge on any atom is -0.371 e. The quantitative estimate of drug-likeness (QED) is 0.579. The molecule has 1 aromatic rings. The fourth-order valence-corrected chi connectivity index (χ4v) is 1.29. The van der Waals surface area contributed by atoms with E-state index in [1.54, 1.807) is 24.3 Å². The van der Waals surface area contributed by atoms with Gasteiger partial charge in [-0.2, -0.15) is 0 Å². The van der Waals surface area contributed by atoms with Crippen LogP contribution in [0.4, 0.5) is 0 Å². The van der Waals surface area contributed by atoms with Gasteiger partial charge in [0.05, 0.1) is 12.7 Å². The third-order valence-corrected chi connectivity index (χ3v) is 2.23. The highest BCUT2D eigenvalue weighted by Gasteiger charge is 2.23. The van der Waals surface area contributed by atoms with Crippen molar-refractivity contribution in [2.75, 3.05) is 13.2 Å². The summed E-state index contributed by atoms with van der Waals surface area (Å²) >= 11 is 0. The normalized spacial score (nSPS) is 18.3. The van der Waals surface area contributed by atoms with Gasteiger partial charge in [-0.1, -0.05) is 18.2 Å². The molecule has 1 N–H and O–H groups in total. The van der Waals surface area contributed by atoms with Crippen LogP contribution in [0.5, 0.6) is 0 Å². The predicted molar refractivity (Wildman–Crippen MR) is 53.9 cm³/mol. The minimum absolute atomic E-state index is 0.150. The zero-order chi connectivity index (χ0) is 10.7. The lowest BCUT2D eigenvalue weighted by molar-refractivity contribution is 0.0945. The van der Waals surface area contributed by atoms with Crippen LogP contribution in [0.25, 0.3) is 0 Å². The number of benzene rings is 1. The molecule has 1 fully saturated rings. The summed E-state index contributed by atoms with van der Waals surface area (Å²) in [4.78, 5) is 22.3. The van der Waals surface area contributed by atoms with E-state index >= 15 is 0 Å². The molecule has 0 aromatic heterocycles. The molecule has 1 amide bonds. The zero-order valence-corrected chi connectivity index (χ0v) is 8.10. The Labute approximate surface area is 87.2 Å². The smallest absolute Gasteiger partial charge is 0.252 e. The van der Waals surface area contributed by atoms with Crippen molar-refractivity contribution in [2.45, 2.75) is 6.10 Å². The maximum absolute atomic E-state index is 11.6. The van der Waals surface area contributed by atoms with Crippen molar-refractivity contribution < 1.29 is 14.3 Å². The molecule has 4 heteroatoms. The molecule has 2 rings (SSSR count). The number of carbonyl (C=O) groups excluding carboxylic acids is 2. The third-order valence-electron chi connectivity index (χ3n) is 2.23. The van der Waals surface area contributed by atoms with Crippen molar-refractivity contribution in [3.05, 3.63) is 35.4 Å². The summed E-state index contributed by atoms with van der Waals surface area (Å²) < 4.78 is 4.97. The lowest BCUT2D eigenvalue weighted by Gasteiger charge is -2.04. The minimum atomic E-state index is -0.229. The Morgan fingerprint density at radius 2 is 2.27 bits per heavy atom. The Morgan fingerprint density at radius 3 is 2.93 bits per heavy atom. The number of amides is 1. The highest BCUT2D eigenvalue weighted by atomic mass is 16.6. The molecule has 1 aliphatic rings. The van der Waals surface area contributed by atoms with E-state index in [0.29, 0.717) is 30.6 Å². The van der Waals surface area contributed by atoms with E-state index in [9.17, 15) is 9.59 Å². The van der Waals surface area contributed by atoms with Gasteiger partial charge in [0.1, 0.15) is 0 Å². The Hall–Kier alpha value is -1.68. The number of rotatable bonds is 4. The summed E-state index contributed by atoms with van der Waals surface area (Å²) in [6.45, 7) is 1.21. The van der Waals surface area contributed by atoms with Gasteiger partial charge in [-0.3, -0.25) is 9.59 Å². The van der Waals surface area contributed by atoms with E-state index < -0.39 is 0 Å².